The van der Waals surface area contributed by atoms with E-state index >= 15 is 0 Å². The van der Waals surface area contributed by atoms with Gasteiger partial charge in [-0.25, -0.2) is 4.39 Å². The van der Waals surface area contributed by atoms with E-state index in [2.05, 4.69) is 0 Å². The zero-order valence-corrected chi connectivity index (χ0v) is 11.3. The van der Waals surface area contributed by atoms with E-state index in [4.69, 9.17) is 21.6 Å². The van der Waals surface area contributed by atoms with Crippen LogP contribution in [0.15, 0.2) is 54.6 Å². The Balaban J connectivity index is 2.10. The van der Waals surface area contributed by atoms with Gasteiger partial charge >= 0.3 is 0 Å². The molecule has 0 heterocycles. The maximum atomic E-state index is 14.0. The summed E-state index contributed by atoms with van der Waals surface area (Å²) in [7, 11) is 0. The first-order valence-electron chi connectivity index (χ1n) is 6.34. The van der Waals surface area contributed by atoms with E-state index in [0.29, 0.717) is 12.4 Å². The Kier molecular flexibility index (Phi) is 4.56. The van der Waals surface area contributed by atoms with Gasteiger partial charge in [-0.3, -0.25) is 5.41 Å². The molecule has 0 bridgehead atoms. The highest BCUT2D eigenvalue weighted by Gasteiger charge is 2.07. The lowest BCUT2D eigenvalue weighted by Gasteiger charge is -2.09. The highest BCUT2D eigenvalue weighted by Crippen LogP contribution is 2.21. The summed E-state index contributed by atoms with van der Waals surface area (Å²) in [6, 6.07) is 14.0. The number of ether oxygens (including phenoxy) is 1. The molecule has 0 aliphatic carbocycles. The van der Waals surface area contributed by atoms with E-state index in [9.17, 15) is 4.39 Å². The third-order valence-corrected chi connectivity index (χ3v) is 2.81. The molecule has 5 N–H and O–H groups in total. The van der Waals surface area contributed by atoms with Crippen molar-refractivity contribution in [2.75, 3.05) is 0 Å². The number of nitrogens with one attached hydrogen (secondary N) is 1. The number of nitrogens with two attached hydrogens (primary N) is 2. The first kappa shape index (κ1) is 14.6. The minimum atomic E-state index is -0.518. The second-order valence-corrected chi connectivity index (χ2v) is 4.47. The van der Waals surface area contributed by atoms with Gasteiger partial charge in [-0.2, -0.15) is 0 Å². The van der Waals surface area contributed by atoms with E-state index in [0.717, 1.165) is 5.56 Å². The van der Waals surface area contributed by atoms with Crippen LogP contribution in [0.1, 0.15) is 11.1 Å². The van der Waals surface area contributed by atoms with Crippen LogP contribution in [0, 0.1) is 11.2 Å². The van der Waals surface area contributed by atoms with Crippen LogP contribution in [0.25, 0.3) is 5.70 Å². The number of hydrogen-bond donors (Lipinski definition) is 3. The fourth-order valence-electron chi connectivity index (χ4n) is 1.81. The van der Waals surface area contributed by atoms with Crippen molar-refractivity contribution in [3.8, 4) is 5.75 Å². The van der Waals surface area contributed by atoms with Gasteiger partial charge in [-0.15, -0.1) is 0 Å². The smallest absolute Gasteiger partial charge is 0.136 e. The zero-order chi connectivity index (χ0) is 15.2. The van der Waals surface area contributed by atoms with Crippen LogP contribution in [-0.2, 0) is 6.61 Å². The van der Waals surface area contributed by atoms with Gasteiger partial charge in [0, 0.05) is 23.4 Å². The molecule has 2 rings (SSSR count). The molecule has 108 valence electrons. The quantitative estimate of drug-likeness (QED) is 0.583. The molecule has 0 atom stereocenters. The Labute approximate surface area is 122 Å². The summed E-state index contributed by atoms with van der Waals surface area (Å²) < 4.78 is 19.5. The lowest BCUT2D eigenvalue weighted by atomic mass is 10.1. The molecule has 0 aliphatic rings. The molecule has 21 heavy (non-hydrogen) atoms. The van der Waals surface area contributed by atoms with Crippen LogP contribution in [0.2, 0.25) is 0 Å². The molecule has 0 aromatic heterocycles. The normalized spacial score (nSPS) is 11.2. The van der Waals surface area contributed by atoms with Crippen molar-refractivity contribution in [1.82, 2.24) is 0 Å². The van der Waals surface area contributed by atoms with E-state index < -0.39 is 5.82 Å². The van der Waals surface area contributed by atoms with E-state index in [1.165, 1.54) is 18.2 Å². The second kappa shape index (κ2) is 6.56. The van der Waals surface area contributed by atoms with Crippen molar-refractivity contribution in [2.24, 2.45) is 11.5 Å². The van der Waals surface area contributed by atoms with Gasteiger partial charge in [-0.05, 0) is 17.7 Å². The van der Waals surface area contributed by atoms with Gasteiger partial charge in [0.1, 0.15) is 24.0 Å². The average molecular weight is 285 g/mol. The fourth-order valence-corrected chi connectivity index (χ4v) is 1.81. The highest BCUT2D eigenvalue weighted by atomic mass is 19.1. The Morgan fingerprint density at radius 2 is 1.86 bits per heavy atom. The van der Waals surface area contributed by atoms with Crippen LogP contribution in [0.3, 0.4) is 0 Å². The molecule has 0 aliphatic heterocycles. The number of amidine groups is 1. The molecule has 0 spiro atoms. The molecule has 0 radical (unpaired) electrons. The van der Waals surface area contributed by atoms with Gasteiger partial charge in [-0.1, -0.05) is 30.3 Å². The molecule has 0 saturated carbocycles. The lowest BCUT2D eigenvalue weighted by molar-refractivity contribution is 0.304. The van der Waals surface area contributed by atoms with Crippen LogP contribution in [0.5, 0.6) is 5.75 Å². The van der Waals surface area contributed by atoms with Crippen molar-refractivity contribution < 1.29 is 9.13 Å². The monoisotopic (exact) mass is 285 g/mol. The molecular formula is C16H16FN3O. The Morgan fingerprint density at radius 3 is 2.48 bits per heavy atom. The minimum Gasteiger partial charge on any atom is -0.489 e. The number of rotatable bonds is 5. The van der Waals surface area contributed by atoms with Crippen LogP contribution < -0.4 is 16.2 Å². The van der Waals surface area contributed by atoms with Crippen LogP contribution in [0.4, 0.5) is 4.39 Å². The summed E-state index contributed by atoms with van der Waals surface area (Å²) in [6.07, 6.45) is 1.20. The molecule has 4 nitrogen and oxygen atoms in total. The van der Waals surface area contributed by atoms with Crippen molar-refractivity contribution in [3.63, 3.8) is 0 Å². The standard InChI is InChI=1S/C16H16FN3O/c17-14-8-12(21-10-11-4-2-1-3-5-11)6-7-13(14)15(18)9-16(19)20/h1-9H,10,18H2,(H3,19,20). The first-order valence-corrected chi connectivity index (χ1v) is 6.34. The van der Waals surface area contributed by atoms with Crippen molar-refractivity contribution >= 4 is 11.5 Å². The maximum absolute atomic E-state index is 14.0. The third kappa shape index (κ3) is 4.07. The maximum Gasteiger partial charge on any atom is 0.136 e. The predicted molar refractivity (Wildman–Crippen MR) is 81.3 cm³/mol. The molecular weight excluding hydrogens is 269 g/mol. The number of hydrogen-bond acceptors (Lipinski definition) is 3. The summed E-state index contributed by atoms with van der Waals surface area (Å²) in [4.78, 5) is 0. The van der Waals surface area contributed by atoms with Gasteiger partial charge < -0.3 is 16.2 Å². The summed E-state index contributed by atoms with van der Waals surface area (Å²) in [5.41, 5.74) is 12.2. The molecule has 0 saturated heterocycles. The molecule has 0 fully saturated rings. The average Bonchev–Trinajstić information content (AvgIpc) is 2.45. The number of benzene rings is 2. The van der Waals surface area contributed by atoms with E-state index in [1.54, 1.807) is 6.07 Å². The van der Waals surface area contributed by atoms with Crippen molar-refractivity contribution in [3.05, 3.63) is 71.6 Å². The Morgan fingerprint density at radius 1 is 1.14 bits per heavy atom. The largest absolute Gasteiger partial charge is 0.489 e. The predicted octanol–water partition coefficient (Wildman–Crippen LogP) is 2.64. The van der Waals surface area contributed by atoms with Gasteiger partial charge in [0.15, 0.2) is 0 Å². The molecule has 0 amide bonds. The highest BCUT2D eigenvalue weighted by molar-refractivity contribution is 5.95. The summed E-state index contributed by atoms with van der Waals surface area (Å²) in [5, 5.41) is 7.12. The summed E-state index contributed by atoms with van der Waals surface area (Å²) >= 11 is 0. The lowest BCUT2D eigenvalue weighted by Crippen LogP contribution is -2.10. The molecule has 2 aromatic rings. The molecule has 5 heteroatoms. The van der Waals surface area contributed by atoms with Gasteiger partial charge in [0.25, 0.3) is 0 Å². The minimum absolute atomic E-state index is 0.106. The second-order valence-electron chi connectivity index (χ2n) is 4.47. The topological polar surface area (TPSA) is 85.1 Å². The van der Waals surface area contributed by atoms with E-state index in [-0.39, 0.29) is 17.1 Å². The molecule has 0 unspecified atom stereocenters. The van der Waals surface area contributed by atoms with Gasteiger partial charge in [0.05, 0.1) is 0 Å². The first-order chi connectivity index (χ1) is 10.1. The molecule has 2 aromatic carbocycles. The van der Waals surface area contributed by atoms with Crippen LogP contribution in [-0.4, -0.2) is 5.84 Å². The number of halogens is 1. The van der Waals surface area contributed by atoms with Gasteiger partial charge in [0.2, 0.25) is 0 Å². The SMILES string of the molecule is N=C(N)C=C(N)c1ccc(OCc2ccccc2)cc1F. The Hall–Kier alpha value is -2.82. The Bertz CT molecular complexity index is 668. The fraction of sp³-hybridized carbons (Fsp3) is 0.0625. The van der Waals surface area contributed by atoms with Crippen molar-refractivity contribution in [2.45, 2.75) is 6.61 Å². The van der Waals surface area contributed by atoms with Crippen molar-refractivity contribution in [1.29, 1.82) is 5.41 Å². The summed E-state index contributed by atoms with van der Waals surface area (Å²) in [6.45, 7) is 0.360. The zero-order valence-electron chi connectivity index (χ0n) is 11.3. The van der Waals surface area contributed by atoms with Crippen LogP contribution >= 0.6 is 0 Å². The summed E-state index contributed by atoms with van der Waals surface area (Å²) in [5.74, 6) is -0.331. The van der Waals surface area contributed by atoms with E-state index in [1.807, 2.05) is 30.3 Å². The third-order valence-electron chi connectivity index (χ3n) is 2.81.